The normalized spacial score (nSPS) is 11.7. The van der Waals surface area contributed by atoms with Gasteiger partial charge in [0.15, 0.2) is 0 Å². The van der Waals surface area contributed by atoms with Crippen LogP contribution in [0.3, 0.4) is 0 Å². The van der Waals surface area contributed by atoms with E-state index in [-0.39, 0.29) is 18.5 Å². The second-order valence-electron chi connectivity index (χ2n) is 5.36. The summed E-state index contributed by atoms with van der Waals surface area (Å²) in [6, 6.07) is 11.9. The SMILES string of the molecule is COC(=O)c1ccccc1NC(=O)CN[C@@H](C)c1ccc(Cl)c(Cl)c1. The molecule has 25 heavy (non-hydrogen) atoms. The molecule has 0 aliphatic rings. The number of rotatable bonds is 6. The molecule has 0 bridgehead atoms. The predicted octanol–water partition coefficient (Wildman–Crippen LogP) is 4.07. The Labute approximate surface area is 156 Å². The Balaban J connectivity index is 1.97. The fourth-order valence-electron chi connectivity index (χ4n) is 2.22. The Bertz CT molecular complexity index is 781. The summed E-state index contributed by atoms with van der Waals surface area (Å²) < 4.78 is 4.71. The molecule has 1 amide bonds. The fourth-order valence-corrected chi connectivity index (χ4v) is 2.53. The van der Waals surface area contributed by atoms with Gasteiger partial charge in [-0.15, -0.1) is 0 Å². The Kier molecular flexibility index (Phi) is 6.82. The number of hydrogen-bond donors (Lipinski definition) is 2. The highest BCUT2D eigenvalue weighted by Gasteiger charge is 2.14. The first kappa shape index (κ1) is 19.2. The number of anilines is 1. The van der Waals surface area contributed by atoms with Gasteiger partial charge in [0.25, 0.3) is 0 Å². The van der Waals surface area contributed by atoms with Crippen LogP contribution in [0, 0.1) is 0 Å². The molecule has 0 aliphatic heterocycles. The highest BCUT2D eigenvalue weighted by Crippen LogP contribution is 2.25. The topological polar surface area (TPSA) is 67.4 Å². The van der Waals surface area contributed by atoms with Gasteiger partial charge in [0, 0.05) is 6.04 Å². The number of carbonyl (C=O) groups excluding carboxylic acids is 2. The number of carbonyl (C=O) groups is 2. The molecular formula is C18H18Cl2N2O3. The van der Waals surface area contributed by atoms with Gasteiger partial charge < -0.3 is 15.4 Å². The maximum atomic E-state index is 12.2. The first-order valence-electron chi connectivity index (χ1n) is 7.58. The highest BCUT2D eigenvalue weighted by molar-refractivity contribution is 6.42. The van der Waals surface area contributed by atoms with Crippen molar-refractivity contribution in [2.75, 3.05) is 19.0 Å². The Hall–Kier alpha value is -2.08. The monoisotopic (exact) mass is 380 g/mol. The molecule has 0 heterocycles. The Morgan fingerprint density at radius 3 is 2.52 bits per heavy atom. The first-order chi connectivity index (χ1) is 11.9. The zero-order valence-corrected chi connectivity index (χ0v) is 15.3. The van der Waals surface area contributed by atoms with E-state index in [9.17, 15) is 9.59 Å². The number of halogens is 2. The van der Waals surface area contributed by atoms with Crippen molar-refractivity contribution in [3.05, 3.63) is 63.6 Å². The van der Waals surface area contributed by atoms with Crippen molar-refractivity contribution in [3.63, 3.8) is 0 Å². The van der Waals surface area contributed by atoms with Gasteiger partial charge in [-0.3, -0.25) is 4.79 Å². The molecule has 7 heteroatoms. The lowest BCUT2D eigenvalue weighted by molar-refractivity contribution is -0.115. The number of nitrogens with one attached hydrogen (secondary N) is 2. The summed E-state index contributed by atoms with van der Waals surface area (Å²) in [4.78, 5) is 23.9. The van der Waals surface area contributed by atoms with E-state index in [2.05, 4.69) is 10.6 Å². The predicted molar refractivity (Wildman–Crippen MR) is 99.3 cm³/mol. The molecule has 0 aliphatic carbocycles. The summed E-state index contributed by atoms with van der Waals surface area (Å²) in [6.07, 6.45) is 0. The molecule has 0 radical (unpaired) electrons. The van der Waals surface area contributed by atoms with Crippen molar-refractivity contribution in [2.45, 2.75) is 13.0 Å². The number of esters is 1. The van der Waals surface area contributed by atoms with Gasteiger partial charge in [0.05, 0.1) is 35.0 Å². The number of para-hydroxylation sites is 1. The van der Waals surface area contributed by atoms with E-state index in [1.54, 1.807) is 36.4 Å². The molecule has 2 rings (SSSR count). The molecule has 2 N–H and O–H groups in total. The third-order valence-electron chi connectivity index (χ3n) is 3.62. The lowest BCUT2D eigenvalue weighted by Gasteiger charge is -2.15. The number of hydrogen-bond acceptors (Lipinski definition) is 4. The number of amides is 1. The summed E-state index contributed by atoms with van der Waals surface area (Å²) in [5, 5.41) is 6.75. The average Bonchev–Trinajstić information content (AvgIpc) is 2.61. The van der Waals surface area contributed by atoms with E-state index >= 15 is 0 Å². The van der Waals surface area contributed by atoms with E-state index in [1.807, 2.05) is 13.0 Å². The maximum absolute atomic E-state index is 12.2. The number of ether oxygens (including phenoxy) is 1. The lowest BCUT2D eigenvalue weighted by atomic mass is 10.1. The second kappa shape index (κ2) is 8.85. The van der Waals surface area contributed by atoms with Crippen LogP contribution >= 0.6 is 23.2 Å². The average molecular weight is 381 g/mol. The van der Waals surface area contributed by atoms with Crippen molar-refractivity contribution < 1.29 is 14.3 Å². The van der Waals surface area contributed by atoms with Gasteiger partial charge in [-0.05, 0) is 36.8 Å². The minimum absolute atomic E-state index is 0.0664. The van der Waals surface area contributed by atoms with Crippen LogP contribution in [0.5, 0.6) is 0 Å². The summed E-state index contributed by atoms with van der Waals surface area (Å²) >= 11 is 11.9. The Morgan fingerprint density at radius 2 is 1.84 bits per heavy atom. The summed E-state index contributed by atoms with van der Waals surface area (Å²) in [7, 11) is 1.29. The molecule has 132 valence electrons. The molecule has 0 fully saturated rings. The van der Waals surface area contributed by atoms with Gasteiger partial charge in [-0.1, -0.05) is 41.4 Å². The van der Waals surface area contributed by atoms with Crippen molar-refractivity contribution >= 4 is 40.8 Å². The fraction of sp³-hybridized carbons (Fsp3) is 0.222. The standard InChI is InChI=1S/C18H18Cl2N2O3/c1-11(12-7-8-14(19)15(20)9-12)21-10-17(23)22-16-6-4-3-5-13(16)18(24)25-2/h3-9,11,21H,10H2,1-2H3,(H,22,23)/t11-/m0/s1. The minimum Gasteiger partial charge on any atom is -0.465 e. The zero-order valence-electron chi connectivity index (χ0n) is 13.8. The van der Waals surface area contributed by atoms with Crippen molar-refractivity contribution in [3.8, 4) is 0 Å². The second-order valence-corrected chi connectivity index (χ2v) is 6.18. The molecule has 5 nitrogen and oxygen atoms in total. The van der Waals surface area contributed by atoms with Crippen molar-refractivity contribution in [2.24, 2.45) is 0 Å². The minimum atomic E-state index is -0.506. The van der Waals surface area contributed by atoms with Crippen LogP contribution in [0.25, 0.3) is 0 Å². The van der Waals surface area contributed by atoms with Gasteiger partial charge in [0.1, 0.15) is 0 Å². The maximum Gasteiger partial charge on any atom is 0.339 e. The van der Waals surface area contributed by atoms with E-state index in [0.717, 1.165) is 5.56 Å². The first-order valence-corrected chi connectivity index (χ1v) is 8.33. The third-order valence-corrected chi connectivity index (χ3v) is 4.36. The largest absolute Gasteiger partial charge is 0.465 e. The van der Waals surface area contributed by atoms with Gasteiger partial charge >= 0.3 is 5.97 Å². The van der Waals surface area contributed by atoms with E-state index in [4.69, 9.17) is 27.9 Å². The summed E-state index contributed by atoms with van der Waals surface area (Å²) in [5.74, 6) is -0.781. The van der Waals surface area contributed by atoms with E-state index in [0.29, 0.717) is 21.3 Å². The van der Waals surface area contributed by atoms with Crippen LogP contribution in [0.15, 0.2) is 42.5 Å². The van der Waals surface area contributed by atoms with Crippen LogP contribution in [0.4, 0.5) is 5.69 Å². The summed E-state index contributed by atoms with van der Waals surface area (Å²) in [5.41, 5.74) is 1.62. The summed E-state index contributed by atoms with van der Waals surface area (Å²) in [6.45, 7) is 1.98. The molecule has 0 aromatic heterocycles. The highest BCUT2D eigenvalue weighted by atomic mass is 35.5. The van der Waals surface area contributed by atoms with Gasteiger partial charge in [-0.2, -0.15) is 0 Å². The van der Waals surface area contributed by atoms with Crippen LogP contribution in [0.2, 0.25) is 10.0 Å². The third kappa shape index (κ3) is 5.19. The zero-order chi connectivity index (χ0) is 18.4. The molecule has 0 saturated carbocycles. The van der Waals surface area contributed by atoms with E-state index in [1.165, 1.54) is 7.11 Å². The molecule has 0 spiro atoms. The van der Waals surface area contributed by atoms with E-state index < -0.39 is 5.97 Å². The smallest absolute Gasteiger partial charge is 0.339 e. The molecular weight excluding hydrogens is 363 g/mol. The van der Waals surface area contributed by atoms with Crippen LogP contribution in [-0.4, -0.2) is 25.5 Å². The lowest BCUT2D eigenvalue weighted by Crippen LogP contribution is -2.30. The molecule has 2 aromatic rings. The number of benzene rings is 2. The number of methoxy groups -OCH3 is 1. The Morgan fingerprint density at radius 1 is 1.12 bits per heavy atom. The van der Waals surface area contributed by atoms with Gasteiger partial charge in [-0.25, -0.2) is 4.79 Å². The van der Waals surface area contributed by atoms with Crippen LogP contribution in [-0.2, 0) is 9.53 Å². The molecule has 0 saturated heterocycles. The van der Waals surface area contributed by atoms with Gasteiger partial charge in [0.2, 0.25) is 5.91 Å². The quantitative estimate of drug-likeness (QED) is 0.741. The molecule has 0 unspecified atom stereocenters. The molecule has 1 atom stereocenters. The van der Waals surface area contributed by atoms with Crippen LogP contribution in [0.1, 0.15) is 28.9 Å². The molecule has 2 aromatic carbocycles. The van der Waals surface area contributed by atoms with Crippen molar-refractivity contribution in [1.29, 1.82) is 0 Å². The van der Waals surface area contributed by atoms with Crippen molar-refractivity contribution in [1.82, 2.24) is 5.32 Å². The van der Waals surface area contributed by atoms with Crippen LogP contribution < -0.4 is 10.6 Å².